The van der Waals surface area contributed by atoms with E-state index in [1.54, 1.807) is 0 Å². The number of carbonyl (C=O) groups excluding carboxylic acids is 1. The minimum atomic E-state index is -0.0731. The Morgan fingerprint density at radius 1 is 0.900 bits per heavy atom. The number of amides is 1. The number of hydrogen-bond donors (Lipinski definition) is 0. The van der Waals surface area contributed by atoms with Gasteiger partial charge in [-0.25, -0.2) is 0 Å². The highest BCUT2D eigenvalue weighted by Gasteiger charge is 2.40. The summed E-state index contributed by atoms with van der Waals surface area (Å²) in [7, 11) is 2.13. The molecule has 5 rings (SSSR count). The SMILES string of the molecule is CCCN1C(=O)c2ccccc2[C@H]1c1c(-c2ccc(C)cc2)n(C)c2ccccc12. The van der Waals surface area contributed by atoms with Crippen molar-refractivity contribution in [3.05, 3.63) is 95.1 Å². The highest BCUT2D eigenvalue weighted by molar-refractivity contribution is 6.02. The lowest BCUT2D eigenvalue weighted by Crippen LogP contribution is -2.29. The molecule has 3 heteroatoms. The van der Waals surface area contributed by atoms with Crippen LogP contribution < -0.4 is 0 Å². The average molecular weight is 395 g/mol. The van der Waals surface area contributed by atoms with Crippen LogP contribution >= 0.6 is 0 Å². The maximum atomic E-state index is 13.3. The van der Waals surface area contributed by atoms with E-state index < -0.39 is 0 Å². The first-order valence-corrected chi connectivity index (χ1v) is 10.7. The van der Waals surface area contributed by atoms with E-state index in [-0.39, 0.29) is 11.9 Å². The van der Waals surface area contributed by atoms with E-state index >= 15 is 0 Å². The van der Waals surface area contributed by atoms with Crippen LogP contribution in [-0.4, -0.2) is 21.9 Å². The lowest BCUT2D eigenvalue weighted by atomic mass is 9.93. The molecule has 0 saturated heterocycles. The van der Waals surface area contributed by atoms with Gasteiger partial charge in [0.25, 0.3) is 5.91 Å². The highest BCUT2D eigenvalue weighted by Crippen LogP contribution is 2.46. The third-order valence-corrected chi connectivity index (χ3v) is 6.27. The highest BCUT2D eigenvalue weighted by atomic mass is 16.2. The third-order valence-electron chi connectivity index (χ3n) is 6.27. The first-order valence-electron chi connectivity index (χ1n) is 10.7. The van der Waals surface area contributed by atoms with Crippen LogP contribution in [0.25, 0.3) is 22.2 Å². The number of fused-ring (bicyclic) bond motifs is 2. The smallest absolute Gasteiger partial charge is 0.255 e. The second-order valence-electron chi connectivity index (χ2n) is 8.19. The van der Waals surface area contributed by atoms with E-state index in [2.05, 4.69) is 85.0 Å². The number of nitrogens with zero attached hydrogens (tertiary/aromatic N) is 2. The van der Waals surface area contributed by atoms with E-state index in [4.69, 9.17) is 0 Å². The number of carbonyl (C=O) groups is 1. The van der Waals surface area contributed by atoms with Crippen LogP contribution in [0.1, 0.15) is 46.4 Å². The molecule has 1 aliphatic heterocycles. The Kier molecular flexibility index (Phi) is 4.47. The van der Waals surface area contributed by atoms with Gasteiger partial charge in [0.1, 0.15) is 0 Å². The Bertz CT molecular complexity index is 1250. The topological polar surface area (TPSA) is 25.2 Å². The Labute approximate surface area is 177 Å². The van der Waals surface area contributed by atoms with Crippen LogP contribution in [0.4, 0.5) is 0 Å². The molecule has 3 aromatic carbocycles. The van der Waals surface area contributed by atoms with Crippen molar-refractivity contribution in [1.82, 2.24) is 9.47 Å². The van der Waals surface area contributed by atoms with Crippen molar-refractivity contribution in [2.45, 2.75) is 26.3 Å². The zero-order valence-corrected chi connectivity index (χ0v) is 17.7. The fourth-order valence-electron chi connectivity index (χ4n) is 4.91. The monoisotopic (exact) mass is 394 g/mol. The second kappa shape index (κ2) is 7.17. The quantitative estimate of drug-likeness (QED) is 0.410. The van der Waals surface area contributed by atoms with Gasteiger partial charge >= 0.3 is 0 Å². The summed E-state index contributed by atoms with van der Waals surface area (Å²) in [4.78, 5) is 15.4. The Morgan fingerprint density at radius 3 is 2.37 bits per heavy atom. The zero-order valence-electron chi connectivity index (χ0n) is 17.7. The van der Waals surface area contributed by atoms with Gasteiger partial charge in [0.05, 0.1) is 11.7 Å². The van der Waals surface area contributed by atoms with Crippen LogP contribution in [0.15, 0.2) is 72.8 Å². The van der Waals surface area contributed by atoms with Gasteiger partial charge in [-0.05, 0) is 36.6 Å². The average Bonchev–Trinajstić information content (AvgIpc) is 3.21. The van der Waals surface area contributed by atoms with Gasteiger partial charge in [0, 0.05) is 35.6 Å². The normalized spacial score (nSPS) is 15.8. The predicted octanol–water partition coefficient (Wildman–Crippen LogP) is 6.11. The molecular formula is C27H26N2O. The lowest BCUT2D eigenvalue weighted by Gasteiger charge is -2.26. The van der Waals surface area contributed by atoms with Gasteiger partial charge in [0.15, 0.2) is 0 Å². The number of hydrogen-bond acceptors (Lipinski definition) is 1. The van der Waals surface area contributed by atoms with Gasteiger partial charge in [-0.2, -0.15) is 0 Å². The molecule has 4 aromatic rings. The molecule has 0 unspecified atom stereocenters. The van der Waals surface area contributed by atoms with E-state index in [1.165, 1.54) is 33.3 Å². The van der Waals surface area contributed by atoms with Crippen LogP contribution in [0.5, 0.6) is 0 Å². The van der Waals surface area contributed by atoms with Crippen molar-refractivity contribution in [1.29, 1.82) is 0 Å². The maximum absolute atomic E-state index is 13.3. The fraction of sp³-hybridized carbons (Fsp3) is 0.222. The summed E-state index contributed by atoms with van der Waals surface area (Å²) in [5.41, 5.74) is 7.97. The van der Waals surface area contributed by atoms with Gasteiger partial charge in [-0.1, -0.05) is 73.2 Å². The summed E-state index contributed by atoms with van der Waals surface area (Å²) < 4.78 is 2.28. The van der Waals surface area contributed by atoms with E-state index in [9.17, 15) is 4.79 Å². The predicted molar refractivity (Wildman–Crippen MR) is 123 cm³/mol. The van der Waals surface area contributed by atoms with Crippen molar-refractivity contribution in [3.63, 3.8) is 0 Å². The van der Waals surface area contributed by atoms with Gasteiger partial charge in [-0.3, -0.25) is 4.79 Å². The van der Waals surface area contributed by atoms with Crippen molar-refractivity contribution in [2.24, 2.45) is 7.05 Å². The van der Waals surface area contributed by atoms with Crippen LogP contribution in [0, 0.1) is 6.92 Å². The maximum Gasteiger partial charge on any atom is 0.255 e. The third kappa shape index (κ3) is 2.69. The zero-order chi connectivity index (χ0) is 20.8. The molecule has 1 aromatic heterocycles. The largest absolute Gasteiger partial charge is 0.343 e. The number of aromatic nitrogens is 1. The molecule has 1 amide bonds. The summed E-state index contributed by atoms with van der Waals surface area (Å²) in [6.45, 7) is 4.99. The lowest BCUT2D eigenvalue weighted by molar-refractivity contribution is 0.0751. The Balaban J connectivity index is 1.85. The minimum absolute atomic E-state index is 0.0731. The summed E-state index contributed by atoms with van der Waals surface area (Å²) in [5.74, 6) is 0.139. The van der Waals surface area contributed by atoms with E-state index in [1.807, 2.05) is 18.2 Å². The summed E-state index contributed by atoms with van der Waals surface area (Å²) >= 11 is 0. The molecule has 0 fully saturated rings. The molecule has 2 heterocycles. The van der Waals surface area contributed by atoms with Gasteiger partial charge in [-0.15, -0.1) is 0 Å². The molecule has 0 bridgehead atoms. The standard InChI is InChI=1S/C27H26N2O/c1-4-17-29-26(20-9-5-6-10-21(20)27(29)30)24-22-11-7-8-12-23(22)28(3)25(24)19-15-13-18(2)14-16-19/h5-16,26H,4,17H2,1-3H3/t26-/m0/s1. The van der Waals surface area contributed by atoms with Crippen LogP contribution in [-0.2, 0) is 7.05 Å². The molecule has 150 valence electrons. The molecular weight excluding hydrogens is 368 g/mol. The van der Waals surface area contributed by atoms with Crippen molar-refractivity contribution in [3.8, 4) is 11.3 Å². The number of para-hydroxylation sites is 1. The Hall–Kier alpha value is -3.33. The first-order chi connectivity index (χ1) is 14.6. The van der Waals surface area contributed by atoms with E-state index in [0.717, 1.165) is 24.1 Å². The van der Waals surface area contributed by atoms with Crippen LogP contribution in [0.2, 0.25) is 0 Å². The summed E-state index contributed by atoms with van der Waals surface area (Å²) in [6.07, 6.45) is 0.931. The second-order valence-corrected chi connectivity index (χ2v) is 8.19. The van der Waals surface area contributed by atoms with E-state index in [0.29, 0.717) is 0 Å². The Morgan fingerprint density at radius 2 is 1.60 bits per heavy atom. The van der Waals surface area contributed by atoms with Crippen molar-refractivity contribution < 1.29 is 4.79 Å². The number of benzene rings is 3. The molecule has 0 radical (unpaired) electrons. The molecule has 0 spiro atoms. The molecule has 30 heavy (non-hydrogen) atoms. The number of rotatable bonds is 4. The van der Waals surface area contributed by atoms with Gasteiger partial charge < -0.3 is 9.47 Å². The fourth-order valence-corrected chi connectivity index (χ4v) is 4.91. The molecule has 0 saturated carbocycles. The van der Waals surface area contributed by atoms with Gasteiger partial charge in [0.2, 0.25) is 0 Å². The molecule has 0 N–H and O–H groups in total. The molecule has 1 atom stereocenters. The minimum Gasteiger partial charge on any atom is -0.343 e. The molecule has 0 aliphatic carbocycles. The van der Waals surface area contributed by atoms with Crippen molar-refractivity contribution >= 4 is 16.8 Å². The van der Waals surface area contributed by atoms with Crippen molar-refractivity contribution in [2.75, 3.05) is 6.54 Å². The summed E-state index contributed by atoms with van der Waals surface area (Å²) in [5, 5.41) is 1.21. The molecule has 3 nitrogen and oxygen atoms in total. The van der Waals surface area contributed by atoms with Crippen LogP contribution in [0.3, 0.4) is 0 Å². The molecule has 1 aliphatic rings. The number of aryl methyl sites for hydroxylation is 2. The summed E-state index contributed by atoms with van der Waals surface area (Å²) in [6, 6.07) is 25.3. The first kappa shape index (κ1) is 18.7.